The second-order valence-corrected chi connectivity index (χ2v) is 7.29. The Kier molecular flexibility index (Phi) is 8.08. The van der Waals surface area contributed by atoms with E-state index in [2.05, 4.69) is 15.8 Å². The van der Waals surface area contributed by atoms with Crippen LogP contribution in [0.25, 0.3) is 0 Å². The molecule has 0 fully saturated rings. The molecular formula is C23H19Cl2N3O4. The van der Waals surface area contributed by atoms with Crippen molar-refractivity contribution in [2.75, 3.05) is 12.4 Å². The Morgan fingerprint density at radius 2 is 1.75 bits per heavy atom. The van der Waals surface area contributed by atoms with Gasteiger partial charge in [0.15, 0.2) is 0 Å². The average Bonchev–Trinajstić information content (AvgIpc) is 2.79. The summed E-state index contributed by atoms with van der Waals surface area (Å²) in [6.45, 7) is 0.343. The fourth-order valence-corrected chi connectivity index (χ4v) is 2.96. The van der Waals surface area contributed by atoms with Crippen molar-refractivity contribution < 1.29 is 19.1 Å². The molecule has 32 heavy (non-hydrogen) atoms. The van der Waals surface area contributed by atoms with Gasteiger partial charge in [-0.3, -0.25) is 9.59 Å². The maximum Gasteiger partial charge on any atom is 0.329 e. The zero-order chi connectivity index (χ0) is 22.9. The van der Waals surface area contributed by atoms with Crippen molar-refractivity contribution in [2.45, 2.75) is 6.61 Å². The summed E-state index contributed by atoms with van der Waals surface area (Å²) in [5, 5.41) is 7.26. The van der Waals surface area contributed by atoms with Crippen LogP contribution in [0.5, 0.6) is 11.5 Å². The van der Waals surface area contributed by atoms with Gasteiger partial charge in [-0.25, -0.2) is 5.43 Å². The van der Waals surface area contributed by atoms with E-state index in [1.165, 1.54) is 19.4 Å². The quantitative estimate of drug-likeness (QED) is 0.297. The molecule has 0 unspecified atom stereocenters. The number of nitrogens with zero attached hydrogens (tertiary/aromatic N) is 1. The highest BCUT2D eigenvalue weighted by Crippen LogP contribution is 2.27. The molecule has 0 aliphatic rings. The topological polar surface area (TPSA) is 89.0 Å². The van der Waals surface area contributed by atoms with Crippen LogP contribution in [-0.2, 0) is 16.2 Å². The molecule has 0 spiro atoms. The lowest BCUT2D eigenvalue weighted by molar-refractivity contribution is -0.136. The molecule has 3 rings (SSSR count). The van der Waals surface area contributed by atoms with E-state index in [0.29, 0.717) is 33.7 Å². The summed E-state index contributed by atoms with van der Waals surface area (Å²) in [7, 11) is 1.44. The van der Waals surface area contributed by atoms with E-state index in [-0.39, 0.29) is 5.69 Å². The zero-order valence-electron chi connectivity index (χ0n) is 17.0. The Labute approximate surface area is 194 Å². The van der Waals surface area contributed by atoms with Crippen LogP contribution in [0.15, 0.2) is 71.8 Å². The molecule has 0 aromatic heterocycles. The van der Waals surface area contributed by atoms with Gasteiger partial charge in [-0.2, -0.15) is 5.10 Å². The maximum atomic E-state index is 12.1. The van der Waals surface area contributed by atoms with Crippen molar-refractivity contribution in [3.8, 4) is 11.5 Å². The summed E-state index contributed by atoms with van der Waals surface area (Å²) in [5.74, 6) is -0.828. The smallest absolute Gasteiger partial charge is 0.329 e. The van der Waals surface area contributed by atoms with Gasteiger partial charge in [0.2, 0.25) is 0 Å². The Balaban J connectivity index is 1.51. The third-order valence-electron chi connectivity index (χ3n) is 4.23. The van der Waals surface area contributed by atoms with E-state index in [4.69, 9.17) is 32.7 Å². The van der Waals surface area contributed by atoms with E-state index >= 15 is 0 Å². The van der Waals surface area contributed by atoms with Crippen LogP contribution >= 0.6 is 23.2 Å². The second kappa shape index (κ2) is 11.2. The number of carbonyl (C=O) groups is 2. The summed E-state index contributed by atoms with van der Waals surface area (Å²) in [6, 6.07) is 19.2. The molecule has 9 heteroatoms. The first-order chi connectivity index (χ1) is 15.5. The lowest BCUT2D eigenvalue weighted by atomic mass is 10.2. The number of anilines is 1. The zero-order valence-corrected chi connectivity index (χ0v) is 18.5. The lowest BCUT2D eigenvalue weighted by Gasteiger charge is -2.09. The fourth-order valence-electron chi connectivity index (χ4n) is 2.60. The molecule has 0 saturated heterocycles. The van der Waals surface area contributed by atoms with Crippen LogP contribution < -0.4 is 20.2 Å². The molecule has 0 bridgehead atoms. The minimum absolute atomic E-state index is 0.275. The van der Waals surface area contributed by atoms with Gasteiger partial charge in [0.1, 0.15) is 18.1 Å². The van der Waals surface area contributed by atoms with Crippen LogP contribution in [0.2, 0.25) is 10.0 Å². The number of nitrogens with one attached hydrogen (secondary N) is 2. The predicted octanol–water partition coefficient (Wildman–Crippen LogP) is 4.67. The molecule has 2 N–H and O–H groups in total. The number of hydrogen-bond acceptors (Lipinski definition) is 5. The van der Waals surface area contributed by atoms with Gasteiger partial charge in [0, 0.05) is 15.6 Å². The summed E-state index contributed by atoms with van der Waals surface area (Å²) in [5.41, 5.74) is 4.03. The van der Waals surface area contributed by atoms with Crippen LogP contribution in [0.4, 0.5) is 5.69 Å². The standard InChI is InChI=1S/C23H19Cl2N3O4/c1-31-21-11-8-17(24)12-20(21)27-22(29)23(30)28-26-13-15-6-9-18(10-7-15)32-14-16-4-2-3-5-19(16)25/h2-13H,14H2,1H3,(H,27,29)(H,28,30)/b26-13+. The number of hydrazone groups is 1. The van der Waals surface area contributed by atoms with Crippen molar-refractivity contribution in [1.82, 2.24) is 5.43 Å². The van der Waals surface area contributed by atoms with Gasteiger partial charge < -0.3 is 14.8 Å². The summed E-state index contributed by atoms with van der Waals surface area (Å²) >= 11 is 12.0. The summed E-state index contributed by atoms with van der Waals surface area (Å²) in [6.07, 6.45) is 1.41. The number of ether oxygens (including phenoxy) is 2. The van der Waals surface area contributed by atoms with Crippen LogP contribution in [0.3, 0.4) is 0 Å². The minimum Gasteiger partial charge on any atom is -0.495 e. The van der Waals surface area contributed by atoms with Crippen molar-refractivity contribution >= 4 is 46.9 Å². The summed E-state index contributed by atoms with van der Waals surface area (Å²) < 4.78 is 10.8. The molecule has 0 atom stereocenters. The molecule has 0 heterocycles. The van der Waals surface area contributed by atoms with Gasteiger partial charge in [0.05, 0.1) is 19.0 Å². The number of rotatable bonds is 7. The third-order valence-corrected chi connectivity index (χ3v) is 4.83. The first-order valence-corrected chi connectivity index (χ1v) is 10.2. The van der Waals surface area contributed by atoms with E-state index in [9.17, 15) is 9.59 Å². The van der Waals surface area contributed by atoms with Gasteiger partial charge in [0.25, 0.3) is 0 Å². The number of hydrogen-bond donors (Lipinski definition) is 2. The third kappa shape index (κ3) is 6.47. The molecule has 7 nitrogen and oxygen atoms in total. The number of benzene rings is 3. The number of methoxy groups -OCH3 is 1. The molecule has 3 aromatic rings. The lowest BCUT2D eigenvalue weighted by Crippen LogP contribution is -2.32. The molecule has 0 aliphatic carbocycles. The van der Waals surface area contributed by atoms with Crippen LogP contribution in [0.1, 0.15) is 11.1 Å². The minimum atomic E-state index is -0.942. The van der Waals surface area contributed by atoms with Gasteiger partial charge in [-0.05, 0) is 54.1 Å². The SMILES string of the molecule is COc1ccc(Cl)cc1NC(=O)C(=O)N/N=C/c1ccc(OCc2ccccc2Cl)cc1. The largest absolute Gasteiger partial charge is 0.495 e. The molecular weight excluding hydrogens is 453 g/mol. The van der Waals surface area contributed by atoms with E-state index in [1.807, 2.05) is 18.2 Å². The first-order valence-electron chi connectivity index (χ1n) is 9.40. The monoisotopic (exact) mass is 471 g/mol. The van der Waals surface area contributed by atoms with Crippen molar-refractivity contribution in [1.29, 1.82) is 0 Å². The van der Waals surface area contributed by atoms with Gasteiger partial charge >= 0.3 is 11.8 Å². The number of halogens is 2. The van der Waals surface area contributed by atoms with E-state index in [1.54, 1.807) is 42.5 Å². The Morgan fingerprint density at radius 3 is 2.47 bits per heavy atom. The number of carbonyl (C=O) groups excluding carboxylic acids is 2. The normalized spacial score (nSPS) is 10.6. The highest BCUT2D eigenvalue weighted by Gasteiger charge is 2.15. The van der Waals surface area contributed by atoms with Crippen LogP contribution in [-0.4, -0.2) is 25.1 Å². The van der Waals surface area contributed by atoms with Crippen molar-refractivity contribution in [3.05, 3.63) is 87.9 Å². The van der Waals surface area contributed by atoms with Gasteiger partial charge in [-0.1, -0.05) is 41.4 Å². The predicted molar refractivity (Wildman–Crippen MR) is 125 cm³/mol. The highest BCUT2D eigenvalue weighted by molar-refractivity contribution is 6.40. The molecule has 0 saturated carbocycles. The molecule has 0 radical (unpaired) electrons. The van der Waals surface area contributed by atoms with Gasteiger partial charge in [-0.15, -0.1) is 0 Å². The van der Waals surface area contributed by atoms with Crippen molar-refractivity contribution in [3.63, 3.8) is 0 Å². The maximum absolute atomic E-state index is 12.1. The fraction of sp³-hybridized carbons (Fsp3) is 0.0870. The second-order valence-electron chi connectivity index (χ2n) is 6.45. The summed E-state index contributed by atoms with van der Waals surface area (Å²) in [4.78, 5) is 24.1. The number of amides is 2. The highest BCUT2D eigenvalue weighted by atomic mass is 35.5. The average molecular weight is 472 g/mol. The molecule has 164 valence electrons. The van der Waals surface area contributed by atoms with Crippen LogP contribution in [0, 0.1) is 0 Å². The van der Waals surface area contributed by atoms with E-state index < -0.39 is 11.8 Å². The molecule has 0 aliphatic heterocycles. The Morgan fingerprint density at radius 1 is 1.00 bits per heavy atom. The molecule has 3 aromatic carbocycles. The van der Waals surface area contributed by atoms with E-state index in [0.717, 1.165) is 5.56 Å². The molecule has 2 amide bonds. The van der Waals surface area contributed by atoms with Crippen molar-refractivity contribution in [2.24, 2.45) is 5.10 Å². The Bertz CT molecular complexity index is 1130. The first kappa shape index (κ1) is 23.1. The Hall–Kier alpha value is -3.55.